The van der Waals surface area contributed by atoms with Crippen LogP contribution < -0.4 is 10.1 Å². The van der Waals surface area contributed by atoms with Gasteiger partial charge in [-0.1, -0.05) is 18.2 Å². The highest BCUT2D eigenvalue weighted by Gasteiger charge is 2.31. The first-order valence-corrected chi connectivity index (χ1v) is 6.87. The second-order valence-corrected chi connectivity index (χ2v) is 5.17. The van der Waals surface area contributed by atoms with Gasteiger partial charge in [-0.3, -0.25) is 5.32 Å². The summed E-state index contributed by atoms with van der Waals surface area (Å²) in [5.41, 5.74) is 0.587. The molecule has 21 heavy (non-hydrogen) atoms. The Morgan fingerprint density at radius 2 is 1.95 bits per heavy atom. The van der Waals surface area contributed by atoms with Crippen molar-refractivity contribution in [2.24, 2.45) is 0 Å². The molecule has 0 saturated heterocycles. The molecule has 0 spiro atoms. The van der Waals surface area contributed by atoms with E-state index in [0.717, 1.165) is 4.88 Å². The molecular formula is C14H11F3N2OS. The van der Waals surface area contributed by atoms with E-state index in [0.29, 0.717) is 12.1 Å². The predicted octanol–water partition coefficient (Wildman–Crippen LogP) is 4.00. The third-order valence-electron chi connectivity index (χ3n) is 2.64. The van der Waals surface area contributed by atoms with Gasteiger partial charge in [-0.15, -0.1) is 24.5 Å². The molecule has 1 unspecified atom stereocenters. The largest absolute Gasteiger partial charge is 0.573 e. The van der Waals surface area contributed by atoms with Crippen LogP contribution in [0.3, 0.4) is 0 Å². The molecule has 0 aliphatic carbocycles. The van der Waals surface area contributed by atoms with E-state index in [1.807, 2.05) is 17.5 Å². The average Bonchev–Trinajstić information content (AvgIpc) is 2.92. The van der Waals surface area contributed by atoms with Gasteiger partial charge in [-0.05, 0) is 29.1 Å². The van der Waals surface area contributed by atoms with Crippen LogP contribution in [0, 0.1) is 11.3 Å². The molecule has 0 fully saturated rings. The molecule has 7 heteroatoms. The second-order valence-electron chi connectivity index (χ2n) is 4.14. The van der Waals surface area contributed by atoms with Crippen molar-refractivity contribution in [3.05, 3.63) is 52.2 Å². The minimum atomic E-state index is -4.71. The number of nitrogens with one attached hydrogen (secondary N) is 1. The number of hydrogen-bond acceptors (Lipinski definition) is 4. The minimum Gasteiger partial charge on any atom is -0.406 e. The van der Waals surface area contributed by atoms with Crippen LogP contribution in [-0.4, -0.2) is 6.36 Å². The van der Waals surface area contributed by atoms with E-state index < -0.39 is 12.4 Å². The van der Waals surface area contributed by atoms with Crippen molar-refractivity contribution in [1.29, 1.82) is 5.26 Å². The Balaban J connectivity index is 2.00. The van der Waals surface area contributed by atoms with Crippen molar-refractivity contribution in [3.8, 4) is 11.8 Å². The van der Waals surface area contributed by atoms with Crippen LogP contribution in [0.25, 0.3) is 0 Å². The van der Waals surface area contributed by atoms with Gasteiger partial charge in [0.2, 0.25) is 0 Å². The van der Waals surface area contributed by atoms with Crippen LogP contribution in [0.15, 0.2) is 41.8 Å². The highest BCUT2D eigenvalue weighted by molar-refractivity contribution is 7.09. The number of nitriles is 1. The fourth-order valence-corrected chi connectivity index (χ4v) is 2.37. The number of ether oxygens (including phenoxy) is 1. The Morgan fingerprint density at radius 3 is 2.48 bits per heavy atom. The number of hydrogen-bond donors (Lipinski definition) is 1. The lowest BCUT2D eigenvalue weighted by Crippen LogP contribution is -2.19. The van der Waals surface area contributed by atoms with E-state index in [-0.39, 0.29) is 5.75 Å². The number of halogens is 3. The Hall–Kier alpha value is -2.04. The lowest BCUT2D eigenvalue weighted by Gasteiger charge is -2.13. The Morgan fingerprint density at radius 1 is 1.24 bits per heavy atom. The Bertz CT molecular complexity index is 603. The summed E-state index contributed by atoms with van der Waals surface area (Å²) in [7, 11) is 0. The second kappa shape index (κ2) is 6.61. The van der Waals surface area contributed by atoms with Crippen LogP contribution in [-0.2, 0) is 6.54 Å². The van der Waals surface area contributed by atoms with E-state index in [1.54, 1.807) is 11.3 Å². The lowest BCUT2D eigenvalue weighted by atomic mass is 10.1. The van der Waals surface area contributed by atoms with Crippen molar-refractivity contribution in [2.45, 2.75) is 18.9 Å². The molecule has 2 aromatic rings. The fraction of sp³-hybridized carbons (Fsp3) is 0.214. The summed E-state index contributed by atoms with van der Waals surface area (Å²) < 4.78 is 40.0. The molecule has 2 rings (SSSR count). The maximum atomic E-state index is 12.1. The predicted molar refractivity (Wildman–Crippen MR) is 72.6 cm³/mol. The minimum absolute atomic E-state index is 0.304. The zero-order valence-electron chi connectivity index (χ0n) is 10.7. The molecular weight excluding hydrogens is 301 g/mol. The molecule has 0 bridgehead atoms. The van der Waals surface area contributed by atoms with Crippen LogP contribution >= 0.6 is 11.3 Å². The van der Waals surface area contributed by atoms with Gasteiger partial charge in [0.15, 0.2) is 0 Å². The molecule has 1 aromatic heterocycles. The average molecular weight is 312 g/mol. The van der Waals surface area contributed by atoms with E-state index in [2.05, 4.69) is 16.1 Å². The van der Waals surface area contributed by atoms with Crippen molar-refractivity contribution in [3.63, 3.8) is 0 Å². The van der Waals surface area contributed by atoms with Gasteiger partial charge in [0.05, 0.1) is 6.07 Å². The summed E-state index contributed by atoms with van der Waals surface area (Å²) in [5.74, 6) is -0.304. The van der Waals surface area contributed by atoms with Gasteiger partial charge >= 0.3 is 6.36 Å². The van der Waals surface area contributed by atoms with Gasteiger partial charge in [-0.2, -0.15) is 5.26 Å². The first-order chi connectivity index (χ1) is 9.98. The number of thiophene rings is 1. The van der Waals surface area contributed by atoms with E-state index in [1.165, 1.54) is 24.3 Å². The summed E-state index contributed by atoms with van der Waals surface area (Å²) in [5, 5.41) is 14.1. The third kappa shape index (κ3) is 4.77. The normalized spacial score (nSPS) is 12.7. The molecule has 0 aliphatic heterocycles. The zero-order chi connectivity index (χ0) is 15.3. The van der Waals surface area contributed by atoms with Gasteiger partial charge < -0.3 is 4.74 Å². The van der Waals surface area contributed by atoms with Gasteiger partial charge in [-0.25, -0.2) is 0 Å². The number of alkyl halides is 3. The number of nitrogens with zero attached hydrogens (tertiary/aromatic N) is 1. The van der Waals surface area contributed by atoms with E-state index in [9.17, 15) is 13.2 Å². The van der Waals surface area contributed by atoms with Gasteiger partial charge in [0.25, 0.3) is 0 Å². The van der Waals surface area contributed by atoms with Crippen molar-refractivity contribution < 1.29 is 17.9 Å². The Kier molecular flexibility index (Phi) is 4.83. The molecule has 0 aliphatic rings. The summed E-state index contributed by atoms with van der Waals surface area (Å²) >= 11 is 1.56. The summed E-state index contributed by atoms with van der Waals surface area (Å²) in [6.45, 7) is 0.524. The topological polar surface area (TPSA) is 45.0 Å². The SMILES string of the molecule is N#CC(NCc1cccs1)c1ccc(OC(F)(F)F)cc1. The molecule has 0 radical (unpaired) electrons. The van der Waals surface area contributed by atoms with Crippen molar-refractivity contribution in [2.75, 3.05) is 0 Å². The van der Waals surface area contributed by atoms with E-state index in [4.69, 9.17) is 5.26 Å². The maximum Gasteiger partial charge on any atom is 0.573 e. The van der Waals surface area contributed by atoms with Crippen LogP contribution in [0.1, 0.15) is 16.5 Å². The number of rotatable bonds is 5. The highest BCUT2D eigenvalue weighted by atomic mass is 32.1. The van der Waals surface area contributed by atoms with Gasteiger partial charge in [0.1, 0.15) is 11.8 Å². The maximum absolute atomic E-state index is 12.1. The molecule has 1 N–H and O–H groups in total. The molecule has 110 valence electrons. The molecule has 1 heterocycles. The summed E-state index contributed by atoms with van der Waals surface area (Å²) in [4.78, 5) is 1.08. The monoisotopic (exact) mass is 312 g/mol. The van der Waals surface area contributed by atoms with E-state index >= 15 is 0 Å². The smallest absolute Gasteiger partial charge is 0.406 e. The molecule has 1 atom stereocenters. The Labute approximate surface area is 123 Å². The quantitative estimate of drug-likeness (QED) is 0.907. The fourth-order valence-electron chi connectivity index (χ4n) is 1.72. The van der Waals surface area contributed by atoms with Crippen molar-refractivity contribution in [1.82, 2.24) is 5.32 Å². The summed E-state index contributed by atoms with van der Waals surface area (Å²) in [6.07, 6.45) is -4.71. The molecule has 1 aromatic carbocycles. The molecule has 0 saturated carbocycles. The van der Waals surface area contributed by atoms with Crippen LogP contribution in [0.5, 0.6) is 5.75 Å². The standard InChI is InChI=1S/C14H11F3N2OS/c15-14(16,17)20-11-5-3-10(4-6-11)13(8-18)19-9-12-2-1-7-21-12/h1-7,13,19H,9H2. The van der Waals surface area contributed by atoms with Gasteiger partial charge in [0, 0.05) is 11.4 Å². The van der Waals surface area contributed by atoms with Crippen LogP contribution in [0.4, 0.5) is 13.2 Å². The summed E-state index contributed by atoms with van der Waals surface area (Å²) in [6, 6.07) is 10.6. The van der Waals surface area contributed by atoms with Crippen molar-refractivity contribution >= 4 is 11.3 Å². The molecule has 0 amide bonds. The highest BCUT2D eigenvalue weighted by Crippen LogP contribution is 2.24. The zero-order valence-corrected chi connectivity index (χ0v) is 11.5. The third-order valence-corrected chi connectivity index (χ3v) is 3.51. The number of benzene rings is 1. The van der Waals surface area contributed by atoms with Crippen LogP contribution in [0.2, 0.25) is 0 Å². The molecule has 3 nitrogen and oxygen atoms in total. The first kappa shape index (κ1) is 15.4. The lowest BCUT2D eigenvalue weighted by molar-refractivity contribution is -0.274. The first-order valence-electron chi connectivity index (χ1n) is 5.99.